The van der Waals surface area contributed by atoms with Crippen LogP contribution in [-0.2, 0) is 27.5 Å². The van der Waals surface area contributed by atoms with Crippen LogP contribution in [0.4, 0.5) is 0 Å². The second kappa shape index (κ2) is 9.39. The van der Waals surface area contributed by atoms with Crippen LogP contribution in [0.15, 0.2) is 24.3 Å². The molecule has 132 valence electrons. The molecule has 0 aliphatic carbocycles. The molecule has 0 bridgehead atoms. The summed E-state index contributed by atoms with van der Waals surface area (Å²) in [5.74, 6) is -0.994. The Labute approximate surface area is 142 Å². The number of ether oxygens (including phenoxy) is 1. The molecule has 24 heavy (non-hydrogen) atoms. The molecule has 0 saturated carbocycles. The summed E-state index contributed by atoms with van der Waals surface area (Å²) in [6, 6.07) is 7.33. The van der Waals surface area contributed by atoms with E-state index < -0.39 is 12.0 Å². The van der Waals surface area contributed by atoms with Crippen LogP contribution in [0.5, 0.6) is 0 Å². The molecule has 1 amide bonds. The van der Waals surface area contributed by atoms with Gasteiger partial charge in [-0.05, 0) is 36.9 Å². The van der Waals surface area contributed by atoms with Crippen LogP contribution in [0.3, 0.4) is 0 Å². The summed E-state index contributed by atoms with van der Waals surface area (Å²) in [4.78, 5) is 25.0. The van der Waals surface area contributed by atoms with Crippen molar-refractivity contribution in [3.63, 3.8) is 0 Å². The number of carboxylic acid groups (broad SMARTS) is 1. The number of nitrogens with zero attached hydrogens (tertiary/aromatic N) is 1. The molecule has 6 heteroatoms. The minimum atomic E-state index is -0.848. The first-order valence-corrected chi connectivity index (χ1v) is 8.50. The highest BCUT2D eigenvalue weighted by Crippen LogP contribution is 2.16. The average Bonchev–Trinajstić information content (AvgIpc) is 3.02. The molecule has 2 rings (SSSR count). The number of rotatable bonds is 9. The zero-order chi connectivity index (χ0) is 17.4. The number of benzene rings is 1. The number of nitrogens with one attached hydrogen (secondary N) is 1. The van der Waals surface area contributed by atoms with Gasteiger partial charge >= 0.3 is 5.97 Å². The molecular weight excluding hydrogens is 308 g/mol. The Morgan fingerprint density at radius 1 is 1.33 bits per heavy atom. The quantitative estimate of drug-likeness (QED) is 0.673. The number of amides is 1. The summed E-state index contributed by atoms with van der Waals surface area (Å²) in [6.45, 7) is 4.53. The molecule has 1 aliphatic rings. The average molecular weight is 334 g/mol. The van der Waals surface area contributed by atoms with Gasteiger partial charge in [-0.3, -0.25) is 14.5 Å². The maximum atomic E-state index is 12.1. The van der Waals surface area contributed by atoms with Crippen molar-refractivity contribution in [3.8, 4) is 0 Å². The topological polar surface area (TPSA) is 78.9 Å². The third-order valence-corrected chi connectivity index (χ3v) is 4.20. The van der Waals surface area contributed by atoms with E-state index in [1.165, 1.54) is 0 Å². The molecule has 1 heterocycles. The van der Waals surface area contributed by atoms with Gasteiger partial charge in [0.1, 0.15) is 6.04 Å². The summed E-state index contributed by atoms with van der Waals surface area (Å²) < 4.78 is 5.58. The van der Waals surface area contributed by atoms with E-state index in [0.29, 0.717) is 32.7 Å². The molecule has 0 unspecified atom stereocenters. The Morgan fingerprint density at radius 2 is 2.08 bits per heavy atom. The van der Waals surface area contributed by atoms with Gasteiger partial charge < -0.3 is 15.2 Å². The van der Waals surface area contributed by atoms with Crippen LogP contribution >= 0.6 is 0 Å². The lowest BCUT2D eigenvalue weighted by molar-refractivity contribution is -0.142. The summed E-state index contributed by atoms with van der Waals surface area (Å²) in [5.41, 5.74) is 2.09. The Bertz CT molecular complexity index is 562. The maximum absolute atomic E-state index is 12.1. The molecule has 2 N–H and O–H groups in total. The Morgan fingerprint density at radius 3 is 2.79 bits per heavy atom. The minimum Gasteiger partial charge on any atom is -0.480 e. The highest BCUT2D eigenvalue weighted by atomic mass is 16.5. The normalized spacial score (nSPS) is 17.8. The van der Waals surface area contributed by atoms with Gasteiger partial charge in [-0.2, -0.15) is 0 Å². The first-order valence-electron chi connectivity index (χ1n) is 8.50. The van der Waals surface area contributed by atoms with Gasteiger partial charge in [0.25, 0.3) is 0 Å². The van der Waals surface area contributed by atoms with Crippen molar-refractivity contribution in [1.82, 2.24) is 10.2 Å². The van der Waals surface area contributed by atoms with Crippen molar-refractivity contribution in [3.05, 3.63) is 35.4 Å². The van der Waals surface area contributed by atoms with E-state index >= 15 is 0 Å². The van der Waals surface area contributed by atoms with Gasteiger partial charge in [0.2, 0.25) is 5.91 Å². The molecule has 6 nitrogen and oxygen atoms in total. The zero-order valence-corrected chi connectivity index (χ0v) is 14.2. The van der Waals surface area contributed by atoms with Gasteiger partial charge in [0.05, 0.1) is 13.2 Å². The molecule has 0 spiro atoms. The van der Waals surface area contributed by atoms with Crippen LogP contribution in [-0.4, -0.2) is 47.6 Å². The fraction of sp³-hybridized carbons (Fsp3) is 0.556. The van der Waals surface area contributed by atoms with Crippen LogP contribution in [0.1, 0.15) is 37.3 Å². The highest BCUT2D eigenvalue weighted by molar-refractivity contribution is 5.80. The van der Waals surface area contributed by atoms with Gasteiger partial charge in [-0.15, -0.1) is 0 Å². The summed E-state index contributed by atoms with van der Waals surface area (Å²) in [5, 5.41) is 12.0. The second-order valence-corrected chi connectivity index (χ2v) is 6.06. The number of carbonyl (C=O) groups is 2. The van der Waals surface area contributed by atoms with Gasteiger partial charge in [-0.1, -0.05) is 31.2 Å². The van der Waals surface area contributed by atoms with Gasteiger partial charge in [0, 0.05) is 13.2 Å². The molecule has 0 aromatic heterocycles. The second-order valence-electron chi connectivity index (χ2n) is 6.06. The molecule has 1 aromatic rings. The summed E-state index contributed by atoms with van der Waals surface area (Å²) in [6.07, 6.45) is 2.40. The number of carboxylic acids is 1. The van der Waals surface area contributed by atoms with Crippen LogP contribution in [0, 0.1) is 0 Å². The van der Waals surface area contributed by atoms with Crippen molar-refractivity contribution in [2.45, 2.75) is 45.4 Å². The predicted octanol–water partition coefficient (Wildman–Crippen LogP) is 1.78. The third-order valence-electron chi connectivity index (χ3n) is 4.20. The SMILES string of the molecule is CCCOCc1ccccc1CNC(=O)CN1CCC[C@H]1C(=O)O. The standard InChI is InChI=1S/C18H26N2O4/c1-2-10-24-13-15-7-4-3-6-14(15)11-19-17(21)12-20-9-5-8-16(20)18(22)23/h3-4,6-7,16H,2,5,8-13H2,1H3,(H,19,21)(H,22,23)/t16-/m0/s1. The Kier molecular flexibility index (Phi) is 7.21. The van der Waals surface area contributed by atoms with E-state index in [0.717, 1.165) is 24.0 Å². The molecule has 1 atom stereocenters. The van der Waals surface area contributed by atoms with Crippen LogP contribution in [0.25, 0.3) is 0 Å². The number of likely N-dealkylation sites (tertiary alicyclic amines) is 1. The first kappa shape index (κ1) is 18.4. The summed E-state index contributed by atoms with van der Waals surface area (Å²) in [7, 11) is 0. The monoisotopic (exact) mass is 334 g/mol. The smallest absolute Gasteiger partial charge is 0.320 e. The molecule has 1 aliphatic heterocycles. The first-order chi connectivity index (χ1) is 11.6. The molecule has 1 aromatic carbocycles. The Balaban J connectivity index is 1.84. The van der Waals surface area contributed by atoms with Crippen molar-refractivity contribution < 1.29 is 19.4 Å². The van der Waals surface area contributed by atoms with Gasteiger partial charge in [0.15, 0.2) is 0 Å². The lowest BCUT2D eigenvalue weighted by Gasteiger charge is -2.20. The third kappa shape index (κ3) is 5.32. The van der Waals surface area contributed by atoms with E-state index in [1.54, 1.807) is 4.90 Å². The molecule has 0 radical (unpaired) electrons. The Hall–Kier alpha value is -1.92. The summed E-state index contributed by atoms with van der Waals surface area (Å²) >= 11 is 0. The number of hydrogen-bond acceptors (Lipinski definition) is 4. The van der Waals surface area contributed by atoms with E-state index in [-0.39, 0.29) is 12.5 Å². The minimum absolute atomic E-state index is 0.130. The zero-order valence-electron chi connectivity index (χ0n) is 14.2. The predicted molar refractivity (Wildman–Crippen MR) is 90.5 cm³/mol. The fourth-order valence-electron chi connectivity index (χ4n) is 2.93. The highest BCUT2D eigenvalue weighted by Gasteiger charge is 2.31. The van der Waals surface area contributed by atoms with Crippen molar-refractivity contribution in [1.29, 1.82) is 0 Å². The maximum Gasteiger partial charge on any atom is 0.320 e. The number of carbonyl (C=O) groups excluding carboxylic acids is 1. The van der Waals surface area contributed by atoms with E-state index in [4.69, 9.17) is 9.84 Å². The van der Waals surface area contributed by atoms with E-state index in [1.807, 2.05) is 24.3 Å². The molecular formula is C18H26N2O4. The van der Waals surface area contributed by atoms with Gasteiger partial charge in [-0.25, -0.2) is 0 Å². The molecule has 1 fully saturated rings. The number of hydrogen-bond donors (Lipinski definition) is 2. The van der Waals surface area contributed by atoms with Crippen molar-refractivity contribution in [2.24, 2.45) is 0 Å². The largest absolute Gasteiger partial charge is 0.480 e. The van der Waals surface area contributed by atoms with Crippen LogP contribution < -0.4 is 5.32 Å². The van der Waals surface area contributed by atoms with Crippen LogP contribution in [0.2, 0.25) is 0 Å². The number of aliphatic carboxylic acids is 1. The lowest BCUT2D eigenvalue weighted by atomic mass is 10.1. The van der Waals surface area contributed by atoms with E-state index in [2.05, 4.69) is 12.2 Å². The lowest BCUT2D eigenvalue weighted by Crippen LogP contribution is -2.42. The fourth-order valence-corrected chi connectivity index (χ4v) is 2.93. The van der Waals surface area contributed by atoms with Crippen molar-refractivity contribution in [2.75, 3.05) is 19.7 Å². The van der Waals surface area contributed by atoms with Crippen molar-refractivity contribution >= 4 is 11.9 Å². The molecule has 1 saturated heterocycles. The van der Waals surface area contributed by atoms with E-state index in [9.17, 15) is 9.59 Å².